The van der Waals surface area contributed by atoms with Crippen LogP contribution in [0.2, 0.25) is 0 Å². The van der Waals surface area contributed by atoms with Crippen LogP contribution < -0.4 is 10.9 Å². The smallest absolute Gasteiger partial charge is 0.266 e. The molecule has 6 nitrogen and oxygen atoms in total. The van der Waals surface area contributed by atoms with Gasteiger partial charge in [0.15, 0.2) is 0 Å². The third kappa shape index (κ3) is 3.72. The molecule has 7 heteroatoms. The molecule has 1 rings (SSSR count). The molecule has 1 aromatic heterocycles. The molecule has 0 radical (unpaired) electrons. The number of ether oxygens (including phenoxy) is 2. The molecule has 0 saturated carbocycles. The van der Waals surface area contributed by atoms with Gasteiger partial charge < -0.3 is 19.8 Å². The molecule has 1 aromatic rings. The topological polar surface area (TPSA) is 76.2 Å². The molecule has 0 aromatic carbocycles. The number of rotatable bonds is 6. The van der Waals surface area contributed by atoms with E-state index in [1.165, 1.54) is 6.33 Å². The number of nitrogens with zero attached hydrogens (tertiary/aromatic N) is 1. The fourth-order valence-electron chi connectivity index (χ4n) is 1.11. The van der Waals surface area contributed by atoms with Crippen molar-refractivity contribution in [2.75, 3.05) is 32.7 Å². The van der Waals surface area contributed by atoms with Crippen molar-refractivity contribution in [3.05, 3.63) is 20.3 Å². The minimum absolute atomic E-state index is 0.0677. The van der Waals surface area contributed by atoms with E-state index in [1.54, 1.807) is 14.2 Å². The molecule has 0 spiro atoms. The second-order valence-electron chi connectivity index (χ2n) is 3.09. The first kappa shape index (κ1) is 13.4. The van der Waals surface area contributed by atoms with Gasteiger partial charge in [-0.1, -0.05) is 0 Å². The van der Waals surface area contributed by atoms with E-state index in [0.717, 1.165) is 0 Å². The molecule has 0 aliphatic rings. The molecule has 1 unspecified atom stereocenters. The molecular formula is C9H14IN3O3. The maximum atomic E-state index is 11.3. The minimum atomic E-state index is -0.154. The summed E-state index contributed by atoms with van der Waals surface area (Å²) in [5, 5.41) is 3.05. The molecule has 2 N–H and O–H groups in total. The normalized spacial score (nSPS) is 12.4. The predicted molar refractivity (Wildman–Crippen MR) is 68.7 cm³/mol. The second-order valence-corrected chi connectivity index (χ2v) is 4.17. The monoisotopic (exact) mass is 339 g/mol. The van der Waals surface area contributed by atoms with Crippen LogP contribution in [0.25, 0.3) is 0 Å². The van der Waals surface area contributed by atoms with Crippen LogP contribution in [0.3, 0.4) is 0 Å². The first-order valence-corrected chi connectivity index (χ1v) is 5.75. The Morgan fingerprint density at radius 3 is 3.00 bits per heavy atom. The van der Waals surface area contributed by atoms with Crippen LogP contribution in [0.15, 0.2) is 11.1 Å². The van der Waals surface area contributed by atoms with E-state index >= 15 is 0 Å². The molecule has 0 aliphatic heterocycles. The minimum Gasteiger partial charge on any atom is -0.382 e. The molecule has 0 bridgehead atoms. The summed E-state index contributed by atoms with van der Waals surface area (Å²) in [6, 6.07) is 0. The number of aromatic amines is 1. The molecule has 16 heavy (non-hydrogen) atoms. The first-order valence-electron chi connectivity index (χ1n) is 4.67. The van der Waals surface area contributed by atoms with Crippen LogP contribution in [0.4, 0.5) is 5.82 Å². The molecule has 0 fully saturated rings. The van der Waals surface area contributed by atoms with Crippen molar-refractivity contribution in [1.29, 1.82) is 0 Å². The SMILES string of the molecule is COCC(CNc1nc[nH]c(=O)c1I)OC. The fourth-order valence-corrected chi connectivity index (χ4v) is 1.60. The van der Waals surface area contributed by atoms with Crippen molar-refractivity contribution in [2.24, 2.45) is 0 Å². The molecule has 1 heterocycles. The first-order chi connectivity index (χ1) is 7.69. The summed E-state index contributed by atoms with van der Waals surface area (Å²) in [5.74, 6) is 0.558. The highest BCUT2D eigenvalue weighted by Crippen LogP contribution is 2.08. The van der Waals surface area contributed by atoms with E-state index in [0.29, 0.717) is 22.5 Å². The molecule has 90 valence electrons. The summed E-state index contributed by atoms with van der Waals surface area (Å²) in [4.78, 5) is 17.8. The average Bonchev–Trinajstić information content (AvgIpc) is 2.29. The van der Waals surface area contributed by atoms with E-state index in [2.05, 4.69) is 15.3 Å². The Morgan fingerprint density at radius 2 is 2.38 bits per heavy atom. The number of halogens is 1. The lowest BCUT2D eigenvalue weighted by molar-refractivity contribution is 0.0365. The Labute approximate surface area is 107 Å². The highest BCUT2D eigenvalue weighted by atomic mass is 127. The average molecular weight is 339 g/mol. The van der Waals surface area contributed by atoms with Crippen molar-refractivity contribution in [2.45, 2.75) is 6.10 Å². The number of anilines is 1. The van der Waals surface area contributed by atoms with E-state index in [4.69, 9.17) is 9.47 Å². The standard InChI is InChI=1S/C9H14IN3O3/c1-15-4-6(16-2)3-11-8-7(10)9(14)13-5-12-8/h5-6H,3-4H2,1-2H3,(H2,11,12,13,14). The molecular weight excluding hydrogens is 325 g/mol. The van der Waals surface area contributed by atoms with Crippen LogP contribution in [-0.2, 0) is 9.47 Å². The van der Waals surface area contributed by atoms with Crippen molar-refractivity contribution >= 4 is 28.4 Å². The Morgan fingerprint density at radius 1 is 1.62 bits per heavy atom. The summed E-state index contributed by atoms with van der Waals surface area (Å²) in [5.41, 5.74) is -0.154. The Bertz CT molecular complexity index is 383. The molecule has 1 atom stereocenters. The van der Waals surface area contributed by atoms with Gasteiger partial charge in [0, 0.05) is 20.8 Å². The quantitative estimate of drug-likeness (QED) is 0.736. The molecule has 0 amide bonds. The maximum Gasteiger partial charge on any atom is 0.266 e. The van der Waals surface area contributed by atoms with Crippen LogP contribution in [0, 0.1) is 3.57 Å². The van der Waals surface area contributed by atoms with Crippen LogP contribution in [-0.4, -0.2) is 43.4 Å². The molecule has 0 saturated heterocycles. The summed E-state index contributed by atoms with van der Waals surface area (Å²) in [6.07, 6.45) is 1.30. The van der Waals surface area contributed by atoms with Gasteiger partial charge in [-0.25, -0.2) is 4.98 Å². The van der Waals surface area contributed by atoms with Gasteiger partial charge in [-0.05, 0) is 22.6 Å². The van der Waals surface area contributed by atoms with Gasteiger partial charge in [-0.2, -0.15) is 0 Å². The Hall–Kier alpha value is -0.670. The third-order valence-corrected chi connectivity index (χ3v) is 2.98. The van der Waals surface area contributed by atoms with Gasteiger partial charge in [-0.3, -0.25) is 4.79 Å². The van der Waals surface area contributed by atoms with Gasteiger partial charge >= 0.3 is 0 Å². The highest BCUT2D eigenvalue weighted by Gasteiger charge is 2.09. The summed E-state index contributed by atoms with van der Waals surface area (Å²) in [7, 11) is 3.23. The number of methoxy groups -OCH3 is 2. The van der Waals surface area contributed by atoms with Gasteiger partial charge in [0.25, 0.3) is 5.56 Å². The number of hydrogen-bond donors (Lipinski definition) is 2. The Kier molecular flexibility index (Phi) is 5.71. The fraction of sp³-hybridized carbons (Fsp3) is 0.556. The van der Waals surface area contributed by atoms with Crippen LogP contribution >= 0.6 is 22.6 Å². The Balaban J connectivity index is 2.60. The predicted octanol–water partition coefficient (Wildman–Crippen LogP) is 0.448. The lowest BCUT2D eigenvalue weighted by Crippen LogP contribution is -2.28. The zero-order valence-electron chi connectivity index (χ0n) is 9.12. The van der Waals surface area contributed by atoms with Gasteiger partial charge in [0.1, 0.15) is 9.39 Å². The lowest BCUT2D eigenvalue weighted by Gasteiger charge is -2.15. The zero-order chi connectivity index (χ0) is 12.0. The van der Waals surface area contributed by atoms with Crippen molar-refractivity contribution in [3.63, 3.8) is 0 Å². The van der Waals surface area contributed by atoms with E-state index < -0.39 is 0 Å². The summed E-state index contributed by atoms with van der Waals surface area (Å²) in [6.45, 7) is 1.03. The van der Waals surface area contributed by atoms with Crippen molar-refractivity contribution < 1.29 is 9.47 Å². The number of H-pyrrole nitrogens is 1. The number of nitrogens with one attached hydrogen (secondary N) is 2. The maximum absolute atomic E-state index is 11.3. The van der Waals surface area contributed by atoms with Gasteiger partial charge in [0.05, 0.1) is 19.0 Å². The summed E-state index contributed by atoms with van der Waals surface area (Å²) < 4.78 is 10.7. The highest BCUT2D eigenvalue weighted by molar-refractivity contribution is 14.1. The zero-order valence-corrected chi connectivity index (χ0v) is 11.3. The third-order valence-electron chi connectivity index (χ3n) is 1.98. The second kappa shape index (κ2) is 6.81. The largest absolute Gasteiger partial charge is 0.382 e. The number of hydrogen-bond acceptors (Lipinski definition) is 5. The summed E-state index contributed by atoms with van der Waals surface area (Å²) >= 11 is 1.94. The molecule has 0 aliphatic carbocycles. The van der Waals surface area contributed by atoms with Crippen LogP contribution in [0.5, 0.6) is 0 Å². The van der Waals surface area contributed by atoms with Crippen molar-refractivity contribution in [1.82, 2.24) is 9.97 Å². The van der Waals surface area contributed by atoms with E-state index in [1.807, 2.05) is 22.6 Å². The van der Waals surface area contributed by atoms with E-state index in [9.17, 15) is 4.79 Å². The van der Waals surface area contributed by atoms with Crippen LogP contribution in [0.1, 0.15) is 0 Å². The lowest BCUT2D eigenvalue weighted by atomic mass is 10.3. The van der Waals surface area contributed by atoms with Gasteiger partial charge in [-0.15, -0.1) is 0 Å². The van der Waals surface area contributed by atoms with E-state index in [-0.39, 0.29) is 11.7 Å². The number of aromatic nitrogens is 2. The van der Waals surface area contributed by atoms with Gasteiger partial charge in [0.2, 0.25) is 0 Å². The van der Waals surface area contributed by atoms with Crippen molar-refractivity contribution in [3.8, 4) is 0 Å².